The first kappa shape index (κ1) is 22.7. The summed E-state index contributed by atoms with van der Waals surface area (Å²) in [7, 11) is 0. The molecular weight excluding hydrogens is 330 g/mol. The van der Waals surface area contributed by atoms with E-state index in [9.17, 15) is 14.4 Å². The average Bonchev–Trinajstić information content (AvgIpc) is 2.49. The Kier molecular flexibility index (Phi) is 11.5. The van der Waals surface area contributed by atoms with Crippen LogP contribution < -0.4 is 15.4 Å². The van der Waals surface area contributed by atoms with Gasteiger partial charge in [-0.1, -0.05) is 40.5 Å². The Morgan fingerprint density at radius 3 is 1.96 bits per heavy atom. The maximum absolute atomic E-state index is 12.4. The zero-order valence-corrected chi connectivity index (χ0v) is 16.1. The van der Waals surface area contributed by atoms with Crippen molar-refractivity contribution in [3.05, 3.63) is 0 Å². The second-order valence-electron chi connectivity index (χ2n) is 6.52. The van der Waals surface area contributed by atoms with Gasteiger partial charge in [-0.15, -0.1) is 0 Å². The van der Waals surface area contributed by atoms with Gasteiger partial charge in [-0.2, -0.15) is 0 Å². The normalized spacial score (nSPS) is 13.5. The Hall–Kier alpha value is -1.28. The van der Waals surface area contributed by atoms with Crippen molar-refractivity contribution in [1.29, 1.82) is 0 Å². The van der Waals surface area contributed by atoms with E-state index in [0.29, 0.717) is 18.8 Å². The molecule has 0 fully saturated rings. The molecule has 7 nitrogen and oxygen atoms in total. The number of esters is 1. The standard InChI is InChI=1S/C16H31N3O4S/c1-6-23-14(20)9-17-15(21)12(7-10(2)3)18-16(22)13(19-24)8-11(4)5/h10-13,19,24H,6-9H2,1-5H3,(H,17,21)(H,18,22)/t12-,13-/m0/s1. The molecule has 8 heteroatoms. The molecule has 0 rings (SSSR count). The van der Waals surface area contributed by atoms with Gasteiger partial charge in [-0.25, -0.2) is 0 Å². The number of nitrogens with one attached hydrogen (secondary N) is 3. The van der Waals surface area contributed by atoms with Crippen LogP contribution in [-0.2, 0) is 19.1 Å². The summed E-state index contributed by atoms with van der Waals surface area (Å²) in [6.45, 7) is 9.66. The van der Waals surface area contributed by atoms with Crippen LogP contribution in [0.1, 0.15) is 47.5 Å². The predicted octanol–water partition coefficient (Wildman–Crippen LogP) is 1.05. The van der Waals surface area contributed by atoms with E-state index in [1.54, 1.807) is 6.92 Å². The van der Waals surface area contributed by atoms with Crippen LogP contribution in [0.4, 0.5) is 0 Å². The third-order valence-corrected chi connectivity index (χ3v) is 3.54. The monoisotopic (exact) mass is 361 g/mol. The summed E-state index contributed by atoms with van der Waals surface area (Å²) in [6.07, 6.45) is 1.08. The molecule has 2 amide bonds. The van der Waals surface area contributed by atoms with Crippen molar-refractivity contribution in [3.63, 3.8) is 0 Å². The highest BCUT2D eigenvalue weighted by atomic mass is 32.1. The third-order valence-electron chi connectivity index (χ3n) is 3.23. The van der Waals surface area contributed by atoms with Gasteiger partial charge in [-0.3, -0.25) is 19.1 Å². The van der Waals surface area contributed by atoms with Gasteiger partial charge in [0.25, 0.3) is 0 Å². The Bertz CT molecular complexity index is 416. The molecule has 0 unspecified atom stereocenters. The van der Waals surface area contributed by atoms with E-state index in [4.69, 9.17) is 4.74 Å². The molecule has 0 spiro atoms. The minimum Gasteiger partial charge on any atom is -0.465 e. The molecule has 0 heterocycles. The minimum absolute atomic E-state index is 0.205. The highest BCUT2D eigenvalue weighted by Gasteiger charge is 2.26. The van der Waals surface area contributed by atoms with Crippen LogP contribution >= 0.6 is 12.8 Å². The van der Waals surface area contributed by atoms with E-state index < -0.39 is 24.0 Å². The number of carbonyl (C=O) groups excluding carboxylic acids is 3. The first-order chi connectivity index (χ1) is 11.2. The van der Waals surface area contributed by atoms with Crippen molar-refractivity contribution < 1.29 is 19.1 Å². The van der Waals surface area contributed by atoms with Gasteiger partial charge in [0.05, 0.1) is 12.6 Å². The van der Waals surface area contributed by atoms with E-state index in [1.165, 1.54) is 0 Å². The Morgan fingerprint density at radius 1 is 0.958 bits per heavy atom. The highest BCUT2D eigenvalue weighted by Crippen LogP contribution is 2.09. The quantitative estimate of drug-likeness (QED) is 0.326. The van der Waals surface area contributed by atoms with Crippen LogP contribution in [0.3, 0.4) is 0 Å². The summed E-state index contributed by atoms with van der Waals surface area (Å²) >= 11 is 3.99. The highest BCUT2D eigenvalue weighted by molar-refractivity contribution is 7.78. The molecule has 0 aliphatic heterocycles. The molecule has 0 aromatic carbocycles. The van der Waals surface area contributed by atoms with Crippen LogP contribution in [0.15, 0.2) is 0 Å². The summed E-state index contributed by atoms with van der Waals surface area (Å²) in [5.74, 6) is -0.670. The van der Waals surface area contributed by atoms with Crippen molar-refractivity contribution in [2.75, 3.05) is 13.2 Å². The van der Waals surface area contributed by atoms with Crippen LogP contribution in [0.25, 0.3) is 0 Å². The summed E-state index contributed by atoms with van der Waals surface area (Å²) in [5, 5.41) is 5.25. The minimum atomic E-state index is -0.705. The second-order valence-corrected chi connectivity index (χ2v) is 6.78. The van der Waals surface area contributed by atoms with Crippen molar-refractivity contribution in [3.8, 4) is 0 Å². The van der Waals surface area contributed by atoms with Crippen molar-refractivity contribution in [2.45, 2.75) is 59.5 Å². The number of hydrogen-bond acceptors (Lipinski definition) is 6. The van der Waals surface area contributed by atoms with Gasteiger partial charge in [0.2, 0.25) is 11.8 Å². The number of carbonyl (C=O) groups is 3. The number of rotatable bonds is 11. The largest absolute Gasteiger partial charge is 0.465 e. The van der Waals surface area contributed by atoms with Crippen molar-refractivity contribution >= 4 is 30.6 Å². The molecule has 140 valence electrons. The van der Waals surface area contributed by atoms with Crippen LogP contribution in [0.5, 0.6) is 0 Å². The fourth-order valence-electron chi connectivity index (χ4n) is 2.16. The molecule has 0 saturated heterocycles. The molecular formula is C16H31N3O4S. The SMILES string of the molecule is CCOC(=O)CNC(=O)[C@H](CC(C)C)NC(=O)[C@H](CC(C)C)NS. The van der Waals surface area contributed by atoms with Gasteiger partial charge < -0.3 is 15.4 Å². The van der Waals surface area contributed by atoms with Gasteiger partial charge in [0.15, 0.2) is 0 Å². The number of thiol groups is 1. The molecule has 0 aromatic rings. The first-order valence-corrected chi connectivity index (χ1v) is 8.79. The number of amides is 2. The zero-order valence-electron chi connectivity index (χ0n) is 15.2. The maximum Gasteiger partial charge on any atom is 0.325 e. The lowest BCUT2D eigenvalue weighted by Crippen LogP contribution is -2.53. The van der Waals surface area contributed by atoms with Crippen molar-refractivity contribution in [1.82, 2.24) is 15.4 Å². The zero-order chi connectivity index (χ0) is 18.7. The molecule has 24 heavy (non-hydrogen) atoms. The van der Waals surface area contributed by atoms with Crippen LogP contribution in [0.2, 0.25) is 0 Å². The van der Waals surface area contributed by atoms with E-state index in [2.05, 4.69) is 28.2 Å². The van der Waals surface area contributed by atoms with Gasteiger partial charge in [-0.05, 0) is 31.6 Å². The summed E-state index contributed by atoms with van der Waals surface area (Å²) in [4.78, 5) is 36.0. The molecule has 0 aromatic heterocycles. The van der Waals surface area contributed by atoms with Gasteiger partial charge in [0, 0.05) is 0 Å². The molecule has 0 bridgehead atoms. The fourth-order valence-corrected chi connectivity index (χ4v) is 2.38. The van der Waals surface area contributed by atoms with E-state index >= 15 is 0 Å². The molecule has 3 N–H and O–H groups in total. The summed E-state index contributed by atoms with van der Waals surface area (Å²) in [5.41, 5.74) is 0. The smallest absolute Gasteiger partial charge is 0.325 e. The van der Waals surface area contributed by atoms with E-state index in [0.717, 1.165) is 0 Å². The lowest BCUT2D eigenvalue weighted by atomic mass is 10.0. The van der Waals surface area contributed by atoms with E-state index in [1.807, 2.05) is 27.7 Å². The average molecular weight is 362 g/mol. The molecule has 0 aliphatic carbocycles. The molecule has 0 radical (unpaired) electrons. The van der Waals surface area contributed by atoms with E-state index in [-0.39, 0.29) is 25.0 Å². The van der Waals surface area contributed by atoms with Crippen LogP contribution in [0, 0.1) is 11.8 Å². The summed E-state index contributed by atoms with van der Waals surface area (Å²) in [6, 6.07) is -1.19. The molecule has 0 saturated carbocycles. The topological polar surface area (TPSA) is 96.5 Å². The number of ether oxygens (including phenoxy) is 1. The third kappa shape index (κ3) is 9.77. The first-order valence-electron chi connectivity index (χ1n) is 8.34. The second kappa shape index (κ2) is 12.1. The Balaban J connectivity index is 4.77. The van der Waals surface area contributed by atoms with Gasteiger partial charge >= 0.3 is 5.97 Å². The predicted molar refractivity (Wildman–Crippen MR) is 96.4 cm³/mol. The maximum atomic E-state index is 12.4. The van der Waals surface area contributed by atoms with Gasteiger partial charge in [0.1, 0.15) is 12.6 Å². The van der Waals surface area contributed by atoms with Crippen LogP contribution in [-0.4, -0.2) is 43.0 Å². The summed E-state index contributed by atoms with van der Waals surface area (Å²) < 4.78 is 7.45. The Morgan fingerprint density at radius 2 is 1.50 bits per heavy atom. The van der Waals surface area contributed by atoms with Crippen molar-refractivity contribution in [2.24, 2.45) is 11.8 Å². The lowest BCUT2D eigenvalue weighted by Gasteiger charge is -2.23. The fraction of sp³-hybridized carbons (Fsp3) is 0.812. The Labute approximate surface area is 150 Å². The number of hydrogen-bond donors (Lipinski definition) is 4. The molecule has 2 atom stereocenters. The molecule has 0 aliphatic rings. The lowest BCUT2D eigenvalue weighted by molar-refractivity contribution is -0.143.